The summed E-state index contributed by atoms with van der Waals surface area (Å²) in [4.78, 5) is 20.5. The van der Waals surface area contributed by atoms with E-state index in [1.54, 1.807) is 18.3 Å². The number of anilines is 1. The molecule has 1 unspecified atom stereocenters. The highest BCUT2D eigenvalue weighted by atomic mass is 79.9. The molecular weight excluding hydrogens is 410 g/mol. The molecule has 1 amide bonds. The van der Waals surface area contributed by atoms with Crippen LogP contribution < -0.4 is 4.90 Å². The highest BCUT2D eigenvalue weighted by molar-refractivity contribution is 9.10. The van der Waals surface area contributed by atoms with Crippen LogP contribution in [-0.2, 0) is 4.79 Å². The van der Waals surface area contributed by atoms with E-state index in [-0.39, 0.29) is 11.9 Å². The van der Waals surface area contributed by atoms with Gasteiger partial charge in [0.1, 0.15) is 11.9 Å². The number of carbonyl (C=O) groups is 1. The van der Waals surface area contributed by atoms with Gasteiger partial charge < -0.3 is 0 Å². The van der Waals surface area contributed by atoms with Crippen molar-refractivity contribution in [3.8, 4) is 5.69 Å². The Morgan fingerprint density at radius 3 is 2.73 bits per heavy atom. The van der Waals surface area contributed by atoms with Crippen LogP contribution in [0.3, 0.4) is 0 Å². The van der Waals surface area contributed by atoms with Crippen LogP contribution in [0, 0.1) is 0 Å². The van der Waals surface area contributed by atoms with E-state index in [0.717, 1.165) is 37.6 Å². The molecule has 0 spiro atoms. The van der Waals surface area contributed by atoms with E-state index < -0.39 is 0 Å². The maximum absolute atomic E-state index is 12.7. The standard InChI is InChI=1S/C20H14BrN3OS/c1-12(25)23-16-9-8-13(21)11-17(16)24-15-6-3-2-5-14(15)22-20(24)19(23)18-7-4-10-26-18/h2-11,19H,1H3. The Hall–Kier alpha value is -2.44. The highest BCUT2D eigenvalue weighted by Gasteiger charge is 2.37. The molecule has 0 bridgehead atoms. The van der Waals surface area contributed by atoms with Crippen molar-refractivity contribution >= 4 is 49.9 Å². The zero-order valence-corrected chi connectivity index (χ0v) is 16.3. The molecule has 2 aromatic heterocycles. The zero-order valence-electron chi connectivity index (χ0n) is 13.9. The quantitative estimate of drug-likeness (QED) is 0.416. The van der Waals surface area contributed by atoms with Crippen LogP contribution >= 0.6 is 27.3 Å². The van der Waals surface area contributed by atoms with Crippen molar-refractivity contribution in [1.82, 2.24) is 9.55 Å². The number of hydrogen-bond acceptors (Lipinski definition) is 3. The van der Waals surface area contributed by atoms with Crippen LogP contribution in [-0.4, -0.2) is 15.5 Å². The van der Waals surface area contributed by atoms with E-state index in [1.165, 1.54) is 0 Å². The van der Waals surface area contributed by atoms with Crippen LogP contribution in [0.5, 0.6) is 0 Å². The first-order valence-corrected chi connectivity index (χ1v) is 9.93. The predicted molar refractivity (Wildman–Crippen MR) is 108 cm³/mol. The van der Waals surface area contributed by atoms with Gasteiger partial charge in [0.2, 0.25) is 5.91 Å². The second-order valence-corrected chi connectivity index (χ2v) is 8.13. The summed E-state index contributed by atoms with van der Waals surface area (Å²) in [6.45, 7) is 1.62. The number of amides is 1. The fraction of sp³-hybridized carbons (Fsp3) is 0.100. The first-order valence-electron chi connectivity index (χ1n) is 8.25. The molecule has 26 heavy (non-hydrogen) atoms. The molecule has 4 nitrogen and oxygen atoms in total. The predicted octanol–water partition coefficient (Wildman–Crippen LogP) is 5.31. The van der Waals surface area contributed by atoms with Gasteiger partial charge in [-0.25, -0.2) is 4.98 Å². The Morgan fingerprint density at radius 1 is 1.12 bits per heavy atom. The van der Waals surface area contributed by atoms with Gasteiger partial charge in [-0.15, -0.1) is 11.3 Å². The van der Waals surface area contributed by atoms with Crippen molar-refractivity contribution in [3.05, 3.63) is 75.2 Å². The van der Waals surface area contributed by atoms with Gasteiger partial charge in [-0.05, 0) is 41.8 Å². The largest absolute Gasteiger partial charge is 0.295 e. The lowest BCUT2D eigenvalue weighted by atomic mass is 10.1. The zero-order chi connectivity index (χ0) is 17.8. The topological polar surface area (TPSA) is 38.1 Å². The number of nitrogens with zero attached hydrogens (tertiary/aromatic N) is 3. The fourth-order valence-electron chi connectivity index (χ4n) is 3.67. The summed E-state index contributed by atoms with van der Waals surface area (Å²) in [5, 5.41) is 2.04. The summed E-state index contributed by atoms with van der Waals surface area (Å²) in [5.41, 5.74) is 3.84. The van der Waals surface area contributed by atoms with E-state index in [2.05, 4.69) is 32.6 Å². The lowest BCUT2D eigenvalue weighted by Crippen LogP contribution is -2.38. The third kappa shape index (κ3) is 2.19. The molecule has 6 heteroatoms. The van der Waals surface area contributed by atoms with E-state index in [1.807, 2.05) is 52.7 Å². The van der Waals surface area contributed by atoms with Crippen molar-refractivity contribution in [2.45, 2.75) is 13.0 Å². The Kier molecular flexibility index (Phi) is 3.52. The van der Waals surface area contributed by atoms with Crippen LogP contribution in [0.15, 0.2) is 64.5 Å². The Labute approximate surface area is 162 Å². The van der Waals surface area contributed by atoms with Gasteiger partial charge in [-0.1, -0.05) is 34.1 Å². The Bertz CT molecular complexity index is 1150. The average Bonchev–Trinajstić information content (AvgIpc) is 3.28. The lowest BCUT2D eigenvalue weighted by molar-refractivity contribution is -0.117. The third-order valence-corrected chi connectivity index (χ3v) is 6.10. The van der Waals surface area contributed by atoms with Crippen molar-refractivity contribution in [3.63, 3.8) is 0 Å². The lowest BCUT2D eigenvalue weighted by Gasteiger charge is -2.36. The molecule has 0 fully saturated rings. The molecule has 0 saturated carbocycles. The maximum atomic E-state index is 12.7. The normalized spacial score (nSPS) is 15.8. The summed E-state index contributed by atoms with van der Waals surface area (Å²) in [6, 6.07) is 18.0. The molecule has 0 radical (unpaired) electrons. The molecule has 128 valence electrons. The fourth-order valence-corrected chi connectivity index (χ4v) is 4.83. The van der Waals surface area contributed by atoms with Gasteiger partial charge in [0.15, 0.2) is 0 Å². The Morgan fingerprint density at radius 2 is 1.96 bits per heavy atom. The number of fused-ring (bicyclic) bond motifs is 5. The molecule has 0 aliphatic carbocycles. The third-order valence-electron chi connectivity index (χ3n) is 4.68. The SMILES string of the molecule is CC(=O)N1c2ccc(Br)cc2-n2c(nc3ccccc32)C1c1cccs1. The number of hydrogen-bond donors (Lipinski definition) is 0. The number of benzene rings is 2. The van der Waals surface area contributed by atoms with Crippen molar-refractivity contribution in [1.29, 1.82) is 0 Å². The number of rotatable bonds is 1. The molecule has 1 aliphatic heterocycles. The number of halogens is 1. The minimum Gasteiger partial charge on any atom is -0.295 e. The molecule has 1 aliphatic rings. The second kappa shape index (κ2) is 5.79. The van der Waals surface area contributed by atoms with Gasteiger partial charge >= 0.3 is 0 Å². The van der Waals surface area contributed by atoms with Crippen molar-refractivity contribution in [2.24, 2.45) is 0 Å². The number of thiophene rings is 1. The summed E-state index contributed by atoms with van der Waals surface area (Å²) in [5.74, 6) is 0.875. The van der Waals surface area contributed by atoms with Crippen LogP contribution in [0.4, 0.5) is 5.69 Å². The first-order chi connectivity index (χ1) is 12.6. The number of carbonyl (C=O) groups excluding carboxylic acids is 1. The molecule has 0 saturated heterocycles. The molecule has 1 atom stereocenters. The molecule has 5 rings (SSSR count). The first kappa shape index (κ1) is 15.8. The smallest absolute Gasteiger partial charge is 0.224 e. The van der Waals surface area contributed by atoms with E-state index in [4.69, 9.17) is 4.98 Å². The summed E-state index contributed by atoms with van der Waals surface area (Å²) in [7, 11) is 0. The van der Waals surface area contributed by atoms with Crippen molar-refractivity contribution in [2.75, 3.05) is 4.90 Å². The van der Waals surface area contributed by atoms with E-state index in [0.29, 0.717) is 0 Å². The molecule has 4 aromatic rings. The number of para-hydroxylation sites is 2. The van der Waals surface area contributed by atoms with Gasteiger partial charge in [0.25, 0.3) is 0 Å². The molecular formula is C20H14BrN3OS. The van der Waals surface area contributed by atoms with Crippen LogP contribution in [0.2, 0.25) is 0 Å². The molecule has 2 aromatic carbocycles. The summed E-state index contributed by atoms with van der Waals surface area (Å²) in [6.07, 6.45) is 0. The van der Waals surface area contributed by atoms with Gasteiger partial charge in [-0.3, -0.25) is 14.3 Å². The van der Waals surface area contributed by atoms with Crippen LogP contribution in [0.1, 0.15) is 23.7 Å². The van der Waals surface area contributed by atoms with Crippen molar-refractivity contribution < 1.29 is 4.79 Å². The minimum atomic E-state index is -0.228. The summed E-state index contributed by atoms with van der Waals surface area (Å²) < 4.78 is 3.15. The number of aromatic nitrogens is 2. The van der Waals surface area contributed by atoms with E-state index in [9.17, 15) is 4.79 Å². The van der Waals surface area contributed by atoms with Gasteiger partial charge in [0.05, 0.1) is 22.4 Å². The van der Waals surface area contributed by atoms with Crippen LogP contribution in [0.25, 0.3) is 16.7 Å². The number of imidazole rings is 1. The highest BCUT2D eigenvalue weighted by Crippen LogP contribution is 2.45. The molecule has 3 heterocycles. The Balaban J connectivity index is 1.92. The van der Waals surface area contributed by atoms with Gasteiger partial charge in [0, 0.05) is 16.3 Å². The second-order valence-electron chi connectivity index (χ2n) is 6.23. The van der Waals surface area contributed by atoms with Gasteiger partial charge in [-0.2, -0.15) is 0 Å². The molecule has 0 N–H and O–H groups in total. The minimum absolute atomic E-state index is 0.00489. The van der Waals surface area contributed by atoms with E-state index >= 15 is 0 Å². The average molecular weight is 424 g/mol. The maximum Gasteiger partial charge on any atom is 0.224 e. The monoisotopic (exact) mass is 423 g/mol. The summed E-state index contributed by atoms with van der Waals surface area (Å²) >= 11 is 5.22.